The molecule has 0 bridgehead atoms. The number of nitrogens with one attached hydrogen (secondary N) is 1. The number of carbonyl (C=O) groups excluding carboxylic acids is 1. The lowest BCUT2D eigenvalue weighted by molar-refractivity contribution is -0.0556. The number of piperidine rings is 1. The molecule has 1 fully saturated rings. The van der Waals surface area contributed by atoms with Crippen molar-refractivity contribution in [2.75, 3.05) is 20.1 Å². The number of nitrogens with zero attached hydrogens (tertiary/aromatic N) is 2. The molecule has 2 N–H and O–H groups in total. The largest absolute Gasteiger partial charge is 0.385 e. The summed E-state index contributed by atoms with van der Waals surface area (Å²) in [6, 6.07) is 18.1. The van der Waals surface area contributed by atoms with Crippen molar-refractivity contribution in [3.63, 3.8) is 0 Å². The lowest BCUT2D eigenvalue weighted by Crippen LogP contribution is -2.48. The van der Waals surface area contributed by atoms with E-state index in [-0.39, 0.29) is 11.8 Å². The van der Waals surface area contributed by atoms with E-state index in [1.54, 1.807) is 6.20 Å². The average molecular weight is 534 g/mol. The van der Waals surface area contributed by atoms with Crippen LogP contribution in [-0.2, 0) is 18.6 Å². The van der Waals surface area contributed by atoms with Crippen molar-refractivity contribution in [1.29, 1.82) is 0 Å². The van der Waals surface area contributed by atoms with Crippen LogP contribution in [0.2, 0.25) is 5.15 Å². The average Bonchev–Trinajstić information content (AvgIpc) is 2.93. The SMILES string of the molecule is CCCc1cccc(-c2c(C(O)(CCC)C3CCCN(C(=O)c4ccc(CNC)cc4)C3)ccnc2Cl)c1. The molecule has 0 aliphatic carbocycles. The van der Waals surface area contributed by atoms with Gasteiger partial charge in [0.05, 0.1) is 5.60 Å². The Bertz CT molecular complexity index is 1230. The second-order valence-electron chi connectivity index (χ2n) is 10.5. The third-order valence-electron chi connectivity index (χ3n) is 7.72. The topological polar surface area (TPSA) is 65.5 Å². The molecular formula is C32H40ClN3O2. The van der Waals surface area contributed by atoms with Gasteiger partial charge in [-0.15, -0.1) is 0 Å². The summed E-state index contributed by atoms with van der Waals surface area (Å²) < 4.78 is 0. The molecular weight excluding hydrogens is 494 g/mol. The zero-order valence-corrected chi connectivity index (χ0v) is 23.6. The van der Waals surface area contributed by atoms with E-state index in [1.807, 2.05) is 48.3 Å². The Balaban J connectivity index is 1.67. The van der Waals surface area contributed by atoms with Crippen LogP contribution in [0.15, 0.2) is 60.8 Å². The number of aromatic nitrogens is 1. The molecule has 38 heavy (non-hydrogen) atoms. The van der Waals surface area contributed by atoms with Gasteiger partial charge in [0.1, 0.15) is 5.15 Å². The molecule has 1 aliphatic heterocycles. The number of halogens is 1. The predicted octanol–water partition coefficient (Wildman–Crippen LogP) is 6.61. The lowest BCUT2D eigenvalue weighted by Gasteiger charge is -2.43. The van der Waals surface area contributed by atoms with Gasteiger partial charge in [0.15, 0.2) is 0 Å². The Morgan fingerprint density at radius 2 is 1.92 bits per heavy atom. The van der Waals surface area contributed by atoms with Crippen LogP contribution < -0.4 is 5.32 Å². The van der Waals surface area contributed by atoms with E-state index in [2.05, 4.69) is 42.3 Å². The second kappa shape index (κ2) is 12.9. The molecule has 3 aromatic rings. The first-order chi connectivity index (χ1) is 18.4. The fraction of sp³-hybridized carbons (Fsp3) is 0.438. The van der Waals surface area contributed by atoms with E-state index in [4.69, 9.17) is 11.6 Å². The minimum absolute atomic E-state index is 0.0183. The van der Waals surface area contributed by atoms with E-state index >= 15 is 0 Å². The van der Waals surface area contributed by atoms with Gasteiger partial charge in [0.25, 0.3) is 5.91 Å². The van der Waals surface area contributed by atoms with E-state index in [0.717, 1.165) is 60.9 Å². The van der Waals surface area contributed by atoms with Crippen LogP contribution in [-0.4, -0.2) is 41.0 Å². The van der Waals surface area contributed by atoms with Crippen molar-refractivity contribution in [1.82, 2.24) is 15.2 Å². The first kappa shape index (κ1) is 28.3. The molecule has 5 nitrogen and oxygen atoms in total. The number of likely N-dealkylation sites (tertiary alicyclic amines) is 1. The minimum Gasteiger partial charge on any atom is -0.385 e. The molecule has 0 radical (unpaired) electrons. The number of carbonyl (C=O) groups is 1. The highest BCUT2D eigenvalue weighted by Crippen LogP contribution is 2.45. The van der Waals surface area contributed by atoms with E-state index in [1.165, 1.54) is 5.56 Å². The summed E-state index contributed by atoms with van der Waals surface area (Å²) in [5.74, 6) is -0.0930. The number of benzene rings is 2. The number of hydrogen-bond acceptors (Lipinski definition) is 4. The van der Waals surface area contributed by atoms with Crippen LogP contribution in [0, 0.1) is 5.92 Å². The van der Waals surface area contributed by atoms with Gasteiger partial charge in [-0.3, -0.25) is 4.79 Å². The summed E-state index contributed by atoms with van der Waals surface area (Å²) in [4.78, 5) is 19.8. The number of amides is 1. The summed E-state index contributed by atoms with van der Waals surface area (Å²) in [5.41, 5.74) is 4.52. The number of hydrogen-bond donors (Lipinski definition) is 2. The van der Waals surface area contributed by atoms with Crippen LogP contribution in [0.4, 0.5) is 0 Å². The molecule has 1 aliphatic rings. The molecule has 0 saturated carbocycles. The third kappa shape index (κ3) is 6.12. The van der Waals surface area contributed by atoms with E-state index in [0.29, 0.717) is 30.2 Å². The standard InChI is InChI=1S/C32H40ClN3O2/c1-4-8-23-9-6-10-26(20-23)29-28(16-18-35-30(29)33)32(38,17-5-2)27-11-7-19-36(22-27)31(37)25-14-12-24(13-15-25)21-34-3/h6,9-10,12-16,18,20,27,34,38H,4-5,7-8,11,17,19,21-22H2,1-3H3. The summed E-state index contributed by atoms with van der Waals surface area (Å²) >= 11 is 6.74. The van der Waals surface area contributed by atoms with Crippen LogP contribution in [0.1, 0.15) is 73.0 Å². The maximum absolute atomic E-state index is 13.5. The fourth-order valence-electron chi connectivity index (χ4n) is 5.89. The van der Waals surface area contributed by atoms with Crippen molar-refractivity contribution in [3.8, 4) is 11.1 Å². The van der Waals surface area contributed by atoms with Crippen molar-refractivity contribution < 1.29 is 9.90 Å². The quantitative estimate of drug-likeness (QED) is 0.288. The molecule has 6 heteroatoms. The molecule has 1 amide bonds. The Kier molecular flexibility index (Phi) is 9.59. The number of aliphatic hydroxyl groups is 1. The fourth-order valence-corrected chi connectivity index (χ4v) is 6.15. The van der Waals surface area contributed by atoms with Gasteiger partial charge < -0.3 is 15.3 Å². The zero-order valence-electron chi connectivity index (χ0n) is 22.8. The predicted molar refractivity (Wildman–Crippen MR) is 155 cm³/mol. The minimum atomic E-state index is -1.13. The van der Waals surface area contributed by atoms with Gasteiger partial charge in [-0.1, -0.05) is 74.7 Å². The van der Waals surface area contributed by atoms with Crippen LogP contribution in [0.5, 0.6) is 0 Å². The Labute approximate surface area is 232 Å². The van der Waals surface area contributed by atoms with Crippen molar-refractivity contribution in [2.45, 2.75) is 64.5 Å². The number of aryl methyl sites for hydroxylation is 1. The molecule has 2 aromatic carbocycles. The first-order valence-electron chi connectivity index (χ1n) is 13.9. The van der Waals surface area contributed by atoms with Crippen LogP contribution in [0.3, 0.4) is 0 Å². The van der Waals surface area contributed by atoms with Crippen molar-refractivity contribution in [2.24, 2.45) is 5.92 Å². The monoisotopic (exact) mass is 533 g/mol. The molecule has 4 rings (SSSR count). The highest BCUT2D eigenvalue weighted by Gasteiger charge is 2.43. The molecule has 1 aromatic heterocycles. The Hall–Kier alpha value is -2.73. The molecule has 0 spiro atoms. The van der Waals surface area contributed by atoms with Crippen LogP contribution in [0.25, 0.3) is 11.1 Å². The summed E-state index contributed by atoms with van der Waals surface area (Å²) in [5, 5.41) is 16.0. The maximum atomic E-state index is 13.5. The van der Waals surface area contributed by atoms with Gasteiger partial charge >= 0.3 is 0 Å². The van der Waals surface area contributed by atoms with E-state index in [9.17, 15) is 9.90 Å². The first-order valence-corrected chi connectivity index (χ1v) is 14.3. The van der Waals surface area contributed by atoms with Gasteiger partial charge in [-0.2, -0.15) is 0 Å². The highest BCUT2D eigenvalue weighted by molar-refractivity contribution is 6.32. The highest BCUT2D eigenvalue weighted by atomic mass is 35.5. The number of rotatable bonds is 10. The van der Waals surface area contributed by atoms with Gasteiger partial charge in [0, 0.05) is 42.9 Å². The smallest absolute Gasteiger partial charge is 0.253 e. The van der Waals surface area contributed by atoms with Crippen molar-refractivity contribution in [3.05, 3.63) is 88.2 Å². The van der Waals surface area contributed by atoms with Gasteiger partial charge in [-0.25, -0.2) is 4.98 Å². The molecule has 202 valence electrons. The summed E-state index contributed by atoms with van der Waals surface area (Å²) in [6.07, 6.45) is 6.81. The lowest BCUT2D eigenvalue weighted by atomic mass is 9.72. The molecule has 2 atom stereocenters. The van der Waals surface area contributed by atoms with Gasteiger partial charge in [-0.05, 0) is 73.2 Å². The molecule has 2 unspecified atom stereocenters. The van der Waals surface area contributed by atoms with E-state index < -0.39 is 5.60 Å². The maximum Gasteiger partial charge on any atom is 0.253 e. The molecule has 1 saturated heterocycles. The summed E-state index contributed by atoms with van der Waals surface area (Å²) in [7, 11) is 1.91. The van der Waals surface area contributed by atoms with Crippen LogP contribution >= 0.6 is 11.6 Å². The second-order valence-corrected chi connectivity index (χ2v) is 10.8. The summed E-state index contributed by atoms with van der Waals surface area (Å²) in [6.45, 7) is 6.22. The third-order valence-corrected chi connectivity index (χ3v) is 8.01. The molecule has 2 heterocycles. The Morgan fingerprint density at radius 1 is 1.13 bits per heavy atom. The zero-order chi connectivity index (χ0) is 27.1. The van der Waals surface area contributed by atoms with Crippen molar-refractivity contribution >= 4 is 17.5 Å². The number of pyridine rings is 1. The Morgan fingerprint density at radius 3 is 2.63 bits per heavy atom. The normalized spacial score (nSPS) is 17.3. The van der Waals surface area contributed by atoms with Gasteiger partial charge in [0.2, 0.25) is 0 Å².